The Morgan fingerprint density at radius 1 is 1.35 bits per heavy atom. The lowest BCUT2D eigenvalue weighted by molar-refractivity contribution is -0.384. The van der Waals surface area contributed by atoms with Gasteiger partial charge in [0.15, 0.2) is 0 Å². The Kier molecular flexibility index (Phi) is 4.02. The molecule has 0 atom stereocenters. The van der Waals surface area contributed by atoms with E-state index in [1.54, 1.807) is 0 Å². The van der Waals surface area contributed by atoms with Crippen LogP contribution in [-0.4, -0.2) is 4.92 Å². The van der Waals surface area contributed by atoms with Crippen molar-refractivity contribution in [3.63, 3.8) is 0 Å². The van der Waals surface area contributed by atoms with Crippen LogP contribution in [0.15, 0.2) is 36.4 Å². The summed E-state index contributed by atoms with van der Waals surface area (Å²) < 4.78 is 18.4. The van der Waals surface area contributed by atoms with Crippen LogP contribution in [0.3, 0.4) is 0 Å². The number of anilines is 1. The van der Waals surface area contributed by atoms with Crippen molar-refractivity contribution in [2.45, 2.75) is 0 Å². The zero-order chi connectivity index (χ0) is 14.7. The molecule has 20 heavy (non-hydrogen) atoms. The fraction of sp³-hybridized carbons (Fsp3) is 0. The van der Waals surface area contributed by atoms with E-state index < -0.39 is 10.7 Å². The quantitative estimate of drug-likeness (QED) is 0.512. The van der Waals surface area contributed by atoms with Crippen molar-refractivity contribution in [2.75, 3.05) is 5.43 Å². The van der Waals surface area contributed by atoms with Crippen LogP contribution < -0.4 is 16.0 Å². The molecule has 0 saturated heterocycles. The lowest BCUT2D eigenvalue weighted by Crippen LogP contribution is -2.09. The largest absolute Gasteiger partial charge is 0.450 e. The van der Waals surface area contributed by atoms with Crippen LogP contribution >= 0.6 is 11.6 Å². The van der Waals surface area contributed by atoms with Gasteiger partial charge in [-0.15, -0.1) is 0 Å². The molecule has 2 aromatic rings. The molecule has 2 aromatic carbocycles. The molecular formula is C12H9ClFN3O3. The van der Waals surface area contributed by atoms with Crippen molar-refractivity contribution >= 4 is 23.0 Å². The lowest BCUT2D eigenvalue weighted by Gasteiger charge is -2.09. The molecule has 104 valence electrons. The summed E-state index contributed by atoms with van der Waals surface area (Å²) in [7, 11) is 0. The maximum Gasteiger partial charge on any atom is 0.335 e. The van der Waals surface area contributed by atoms with E-state index in [0.717, 1.165) is 6.07 Å². The van der Waals surface area contributed by atoms with Gasteiger partial charge in [-0.2, -0.15) is 0 Å². The minimum atomic E-state index is -0.629. The molecule has 0 aliphatic heterocycles. The molecule has 3 N–H and O–H groups in total. The Morgan fingerprint density at radius 2 is 2.10 bits per heavy atom. The molecule has 8 heteroatoms. The normalized spacial score (nSPS) is 10.2. The Balaban J connectivity index is 2.42. The third-order valence-electron chi connectivity index (χ3n) is 2.46. The summed E-state index contributed by atoms with van der Waals surface area (Å²) in [5, 5.41) is 10.9. The van der Waals surface area contributed by atoms with Crippen LogP contribution in [-0.2, 0) is 0 Å². The number of para-hydroxylation sites is 1. The van der Waals surface area contributed by atoms with Gasteiger partial charge in [-0.1, -0.05) is 17.7 Å². The van der Waals surface area contributed by atoms with Crippen molar-refractivity contribution in [2.24, 2.45) is 5.84 Å². The molecule has 0 heterocycles. The summed E-state index contributed by atoms with van der Waals surface area (Å²) in [6, 6.07) is 8.01. The predicted octanol–water partition coefficient (Wildman–Crippen LogP) is 3.47. The molecule has 0 fully saturated rings. The molecule has 0 radical (unpaired) electrons. The van der Waals surface area contributed by atoms with E-state index >= 15 is 0 Å². The first-order valence-corrected chi connectivity index (χ1v) is 5.77. The summed E-state index contributed by atoms with van der Waals surface area (Å²) in [6.45, 7) is 0. The molecule has 0 aromatic heterocycles. The number of hydrazine groups is 1. The van der Waals surface area contributed by atoms with Gasteiger partial charge in [-0.25, -0.2) is 4.39 Å². The van der Waals surface area contributed by atoms with Gasteiger partial charge in [0.25, 0.3) is 0 Å². The van der Waals surface area contributed by atoms with Crippen LogP contribution in [0.1, 0.15) is 0 Å². The minimum absolute atomic E-state index is 0.0341. The van der Waals surface area contributed by atoms with E-state index in [-0.39, 0.29) is 27.9 Å². The number of nitro benzene ring substituents is 1. The van der Waals surface area contributed by atoms with Gasteiger partial charge >= 0.3 is 5.69 Å². The first-order valence-electron chi connectivity index (χ1n) is 5.40. The molecule has 0 aliphatic rings. The second-order valence-corrected chi connectivity index (χ2v) is 4.14. The van der Waals surface area contributed by atoms with Gasteiger partial charge in [0.1, 0.15) is 17.3 Å². The molecule has 6 nitrogen and oxygen atoms in total. The highest BCUT2D eigenvalue weighted by molar-refractivity contribution is 6.30. The van der Waals surface area contributed by atoms with Crippen LogP contribution in [0.5, 0.6) is 11.5 Å². The summed E-state index contributed by atoms with van der Waals surface area (Å²) in [4.78, 5) is 10.4. The molecule has 0 saturated carbocycles. The lowest BCUT2D eigenvalue weighted by atomic mass is 10.2. The monoisotopic (exact) mass is 297 g/mol. The fourth-order valence-electron chi connectivity index (χ4n) is 1.58. The highest BCUT2D eigenvalue weighted by Crippen LogP contribution is 2.37. The average molecular weight is 298 g/mol. The molecule has 2 rings (SSSR count). The number of nitro groups is 1. The zero-order valence-corrected chi connectivity index (χ0v) is 10.7. The third-order valence-corrected chi connectivity index (χ3v) is 2.75. The first kappa shape index (κ1) is 14.0. The van der Waals surface area contributed by atoms with Crippen LogP contribution in [0.25, 0.3) is 0 Å². The molecule has 0 spiro atoms. The van der Waals surface area contributed by atoms with E-state index in [4.69, 9.17) is 22.2 Å². The van der Waals surface area contributed by atoms with Crippen molar-refractivity contribution < 1.29 is 14.1 Å². The molecule has 0 unspecified atom stereocenters. The van der Waals surface area contributed by atoms with E-state index in [9.17, 15) is 14.5 Å². The number of ether oxygens (including phenoxy) is 1. The SMILES string of the molecule is NNc1cccc(Oc2ccc(F)c(Cl)c2)c1[N+](=O)[O-]. The van der Waals surface area contributed by atoms with Gasteiger partial charge < -0.3 is 10.2 Å². The van der Waals surface area contributed by atoms with E-state index in [1.165, 1.54) is 30.3 Å². The number of nitrogens with two attached hydrogens (primary N) is 1. The van der Waals surface area contributed by atoms with Crippen LogP contribution in [0, 0.1) is 15.9 Å². The Hall–Kier alpha value is -2.38. The second-order valence-electron chi connectivity index (χ2n) is 3.73. The van der Waals surface area contributed by atoms with Gasteiger partial charge in [-0.05, 0) is 24.3 Å². The van der Waals surface area contributed by atoms with E-state index in [0.29, 0.717) is 0 Å². The highest BCUT2D eigenvalue weighted by atomic mass is 35.5. The van der Waals surface area contributed by atoms with Crippen molar-refractivity contribution in [1.82, 2.24) is 0 Å². The Bertz CT molecular complexity index is 666. The molecule has 0 amide bonds. The number of hydrogen-bond acceptors (Lipinski definition) is 5. The van der Waals surface area contributed by atoms with Gasteiger partial charge in [0.2, 0.25) is 5.75 Å². The zero-order valence-electron chi connectivity index (χ0n) is 9.97. The maximum atomic E-state index is 13.0. The molecule has 0 aliphatic carbocycles. The summed E-state index contributed by atoms with van der Waals surface area (Å²) >= 11 is 5.62. The van der Waals surface area contributed by atoms with Crippen molar-refractivity contribution in [3.05, 3.63) is 57.4 Å². The standard InChI is InChI=1S/C12H9ClFN3O3/c13-8-6-7(4-5-9(8)14)20-11-3-1-2-10(16-15)12(11)17(18)19/h1-6,16H,15H2. The smallest absolute Gasteiger partial charge is 0.335 e. The molecule has 0 bridgehead atoms. The van der Waals surface area contributed by atoms with Gasteiger partial charge in [0, 0.05) is 6.07 Å². The topological polar surface area (TPSA) is 90.4 Å². The van der Waals surface area contributed by atoms with E-state index in [1.807, 2.05) is 0 Å². The van der Waals surface area contributed by atoms with Crippen LogP contribution in [0.2, 0.25) is 5.02 Å². The fourth-order valence-corrected chi connectivity index (χ4v) is 1.75. The van der Waals surface area contributed by atoms with Crippen LogP contribution in [0.4, 0.5) is 15.8 Å². The highest BCUT2D eigenvalue weighted by Gasteiger charge is 2.21. The summed E-state index contributed by atoms with van der Waals surface area (Å²) in [5.41, 5.74) is 1.99. The molecular weight excluding hydrogens is 289 g/mol. The summed E-state index contributed by atoms with van der Waals surface area (Å²) in [6.07, 6.45) is 0. The predicted molar refractivity (Wildman–Crippen MR) is 72.4 cm³/mol. The Labute approximate surface area is 118 Å². The van der Waals surface area contributed by atoms with E-state index in [2.05, 4.69) is 5.43 Å². The average Bonchev–Trinajstić information content (AvgIpc) is 2.42. The second kappa shape index (κ2) is 5.72. The first-order chi connectivity index (χ1) is 9.52. The van der Waals surface area contributed by atoms with Crippen molar-refractivity contribution in [3.8, 4) is 11.5 Å². The number of benzene rings is 2. The summed E-state index contributed by atoms with van der Waals surface area (Å²) in [5.74, 6) is 4.75. The number of nitrogens with one attached hydrogen (secondary N) is 1. The number of halogens is 2. The minimum Gasteiger partial charge on any atom is -0.450 e. The maximum absolute atomic E-state index is 13.0. The van der Waals surface area contributed by atoms with Crippen molar-refractivity contribution in [1.29, 1.82) is 0 Å². The third kappa shape index (κ3) is 2.79. The van der Waals surface area contributed by atoms with Gasteiger partial charge in [-0.3, -0.25) is 16.0 Å². The number of nitrogen functional groups attached to an aromatic ring is 1. The van der Waals surface area contributed by atoms with Gasteiger partial charge in [0.05, 0.1) is 9.95 Å². The number of hydrogen-bond donors (Lipinski definition) is 2. The Morgan fingerprint density at radius 3 is 2.70 bits per heavy atom. The number of nitrogens with zero attached hydrogens (tertiary/aromatic N) is 1. The number of rotatable bonds is 4.